The molecule has 1 N–H and O–H groups in total. The van der Waals surface area contributed by atoms with Crippen LogP contribution in [-0.4, -0.2) is 25.7 Å². The predicted octanol–water partition coefficient (Wildman–Crippen LogP) is 4.38. The normalized spacial score (nSPS) is 15.3. The Hall–Kier alpha value is -2.95. The number of carbonyl (C=O) groups excluding carboxylic acids is 1. The van der Waals surface area contributed by atoms with Gasteiger partial charge in [-0.1, -0.05) is 6.07 Å². The van der Waals surface area contributed by atoms with Crippen LogP contribution in [0.3, 0.4) is 0 Å². The molecular weight excluding hydrogens is 342 g/mol. The number of hydrogen-bond donors (Lipinski definition) is 1. The van der Waals surface area contributed by atoms with E-state index in [1.165, 1.54) is 6.08 Å². The monoisotopic (exact) mass is 367 g/mol. The lowest BCUT2D eigenvalue weighted by molar-refractivity contribution is -0.111. The van der Waals surface area contributed by atoms with Crippen LogP contribution >= 0.6 is 0 Å². The molecule has 1 amide bonds. The van der Waals surface area contributed by atoms with Gasteiger partial charge in [0.05, 0.1) is 19.4 Å². The van der Waals surface area contributed by atoms with E-state index >= 15 is 0 Å². The second-order valence-corrected chi connectivity index (χ2v) is 6.59. The summed E-state index contributed by atoms with van der Waals surface area (Å²) in [5.74, 6) is 1.99. The minimum Gasteiger partial charge on any atom is -0.495 e. The van der Waals surface area contributed by atoms with E-state index < -0.39 is 0 Å². The van der Waals surface area contributed by atoms with Gasteiger partial charge in [-0.25, -0.2) is 0 Å². The molecule has 142 valence electrons. The van der Waals surface area contributed by atoms with Crippen molar-refractivity contribution in [2.45, 2.75) is 33.3 Å². The van der Waals surface area contributed by atoms with E-state index in [0.717, 1.165) is 34.6 Å². The van der Waals surface area contributed by atoms with Crippen molar-refractivity contribution in [3.8, 4) is 17.2 Å². The molecule has 0 fully saturated rings. The van der Waals surface area contributed by atoms with Gasteiger partial charge in [-0.05, 0) is 56.7 Å². The highest BCUT2D eigenvalue weighted by Crippen LogP contribution is 2.35. The van der Waals surface area contributed by atoms with E-state index in [4.69, 9.17) is 14.2 Å². The van der Waals surface area contributed by atoms with Crippen LogP contribution in [0.15, 0.2) is 36.4 Å². The van der Waals surface area contributed by atoms with Crippen molar-refractivity contribution in [1.82, 2.24) is 0 Å². The molecule has 5 heteroatoms. The van der Waals surface area contributed by atoms with Crippen LogP contribution in [0.1, 0.15) is 30.5 Å². The van der Waals surface area contributed by atoms with E-state index in [1.54, 1.807) is 13.2 Å². The summed E-state index contributed by atoms with van der Waals surface area (Å²) in [6.07, 6.45) is 4.26. The first kappa shape index (κ1) is 18.8. The largest absolute Gasteiger partial charge is 0.495 e. The van der Waals surface area contributed by atoms with Crippen molar-refractivity contribution >= 4 is 17.7 Å². The quantitative estimate of drug-likeness (QED) is 0.770. The number of nitrogens with one attached hydrogen (secondary N) is 1. The highest BCUT2D eigenvalue weighted by atomic mass is 16.5. The maximum Gasteiger partial charge on any atom is 0.248 e. The molecule has 1 heterocycles. The van der Waals surface area contributed by atoms with Gasteiger partial charge in [-0.3, -0.25) is 4.79 Å². The third-order valence-electron chi connectivity index (χ3n) is 4.36. The first-order valence-electron chi connectivity index (χ1n) is 9.10. The Bertz CT molecular complexity index is 873. The molecule has 0 saturated heterocycles. The molecule has 2 aromatic carbocycles. The molecule has 3 rings (SSSR count). The summed E-state index contributed by atoms with van der Waals surface area (Å²) in [5.41, 5.74) is 3.63. The summed E-state index contributed by atoms with van der Waals surface area (Å²) < 4.78 is 16.9. The van der Waals surface area contributed by atoms with Crippen molar-refractivity contribution in [3.05, 3.63) is 53.1 Å². The molecule has 1 aliphatic heterocycles. The van der Waals surface area contributed by atoms with E-state index in [1.807, 2.05) is 51.1 Å². The minimum absolute atomic E-state index is 0.158. The average Bonchev–Trinajstić information content (AvgIpc) is 2.99. The van der Waals surface area contributed by atoms with Gasteiger partial charge in [0.15, 0.2) is 0 Å². The maximum absolute atomic E-state index is 12.4. The van der Waals surface area contributed by atoms with Gasteiger partial charge in [0.1, 0.15) is 23.4 Å². The first-order chi connectivity index (χ1) is 13.0. The number of hydrogen-bond acceptors (Lipinski definition) is 4. The fraction of sp³-hybridized carbons (Fsp3) is 0.318. The summed E-state index contributed by atoms with van der Waals surface area (Å²) in [5, 5.41) is 2.86. The third-order valence-corrected chi connectivity index (χ3v) is 4.36. The van der Waals surface area contributed by atoms with Gasteiger partial charge < -0.3 is 19.5 Å². The van der Waals surface area contributed by atoms with Gasteiger partial charge in [0, 0.05) is 23.6 Å². The van der Waals surface area contributed by atoms with E-state index in [-0.39, 0.29) is 12.0 Å². The summed E-state index contributed by atoms with van der Waals surface area (Å²) in [6.45, 7) is 6.50. The molecule has 0 radical (unpaired) electrons. The van der Waals surface area contributed by atoms with Crippen LogP contribution in [0.5, 0.6) is 17.2 Å². The number of aryl methyl sites for hydroxylation is 1. The summed E-state index contributed by atoms with van der Waals surface area (Å²) >= 11 is 0. The number of benzene rings is 2. The van der Waals surface area contributed by atoms with Gasteiger partial charge >= 0.3 is 0 Å². The molecule has 0 spiro atoms. The topological polar surface area (TPSA) is 56.8 Å². The number of methoxy groups -OCH3 is 1. The number of carbonyl (C=O) groups is 1. The Labute approximate surface area is 159 Å². The van der Waals surface area contributed by atoms with E-state index in [0.29, 0.717) is 18.0 Å². The van der Waals surface area contributed by atoms with Crippen LogP contribution in [0, 0.1) is 6.92 Å². The Morgan fingerprint density at radius 1 is 1.30 bits per heavy atom. The number of amides is 1. The Kier molecular flexibility index (Phi) is 5.69. The van der Waals surface area contributed by atoms with E-state index in [2.05, 4.69) is 5.32 Å². The van der Waals surface area contributed by atoms with Crippen LogP contribution in [0.25, 0.3) is 6.08 Å². The zero-order valence-corrected chi connectivity index (χ0v) is 16.2. The molecule has 27 heavy (non-hydrogen) atoms. The van der Waals surface area contributed by atoms with Gasteiger partial charge in [-0.2, -0.15) is 0 Å². The third kappa shape index (κ3) is 4.42. The summed E-state index contributed by atoms with van der Waals surface area (Å²) in [6, 6.07) is 9.58. The lowest BCUT2D eigenvalue weighted by Gasteiger charge is -2.11. The smallest absolute Gasteiger partial charge is 0.248 e. The molecule has 0 aliphatic carbocycles. The Balaban J connectivity index is 1.80. The Morgan fingerprint density at radius 3 is 2.85 bits per heavy atom. The van der Waals surface area contributed by atoms with Crippen LogP contribution < -0.4 is 19.5 Å². The molecule has 5 nitrogen and oxygen atoms in total. The molecule has 1 aliphatic rings. The van der Waals surface area contributed by atoms with Crippen molar-refractivity contribution in [2.75, 3.05) is 19.0 Å². The summed E-state index contributed by atoms with van der Waals surface area (Å²) in [4.78, 5) is 12.4. The van der Waals surface area contributed by atoms with Crippen LogP contribution in [-0.2, 0) is 11.2 Å². The number of anilines is 1. The molecule has 0 aromatic heterocycles. The van der Waals surface area contributed by atoms with Crippen molar-refractivity contribution in [2.24, 2.45) is 0 Å². The van der Waals surface area contributed by atoms with Crippen molar-refractivity contribution in [3.63, 3.8) is 0 Å². The molecular formula is C22H25NO4. The molecule has 1 atom stereocenters. The Morgan fingerprint density at radius 2 is 2.11 bits per heavy atom. The highest BCUT2D eigenvalue weighted by Gasteiger charge is 2.21. The van der Waals surface area contributed by atoms with Gasteiger partial charge in [0.2, 0.25) is 5.91 Å². The van der Waals surface area contributed by atoms with Crippen molar-refractivity contribution < 1.29 is 19.0 Å². The highest BCUT2D eigenvalue weighted by molar-refractivity contribution is 6.03. The molecule has 0 unspecified atom stereocenters. The first-order valence-corrected chi connectivity index (χ1v) is 9.10. The lowest BCUT2D eigenvalue weighted by atomic mass is 10.1. The number of fused-ring (bicyclic) bond motifs is 1. The standard InChI is InChI=1S/C22H25NO4/c1-5-26-20-13-17-11-15(3)27-21(17)12-16(20)7-9-22(24)23-18-10-14(2)6-8-19(18)25-4/h6-10,12-13,15H,5,11H2,1-4H3,(H,23,24)/b9-7+/t15-/m0/s1. The second-order valence-electron chi connectivity index (χ2n) is 6.59. The predicted molar refractivity (Wildman–Crippen MR) is 107 cm³/mol. The molecule has 2 aromatic rings. The molecule has 0 saturated carbocycles. The number of ether oxygens (including phenoxy) is 3. The minimum atomic E-state index is -0.240. The second kappa shape index (κ2) is 8.16. The van der Waals surface area contributed by atoms with Crippen LogP contribution in [0.4, 0.5) is 5.69 Å². The van der Waals surface area contributed by atoms with Crippen LogP contribution in [0.2, 0.25) is 0 Å². The fourth-order valence-electron chi connectivity index (χ4n) is 3.13. The zero-order valence-electron chi connectivity index (χ0n) is 16.2. The van der Waals surface area contributed by atoms with E-state index in [9.17, 15) is 4.79 Å². The lowest BCUT2D eigenvalue weighted by Crippen LogP contribution is -2.09. The zero-order chi connectivity index (χ0) is 19.4. The molecule has 0 bridgehead atoms. The number of rotatable bonds is 6. The van der Waals surface area contributed by atoms with Crippen molar-refractivity contribution in [1.29, 1.82) is 0 Å². The summed E-state index contributed by atoms with van der Waals surface area (Å²) in [7, 11) is 1.58. The van der Waals surface area contributed by atoms with Gasteiger partial charge in [0.25, 0.3) is 0 Å². The fourth-order valence-corrected chi connectivity index (χ4v) is 3.13. The average molecular weight is 367 g/mol. The maximum atomic E-state index is 12.4. The SMILES string of the molecule is CCOc1cc2c(cc1/C=C/C(=O)Nc1cc(C)ccc1OC)O[C@@H](C)C2. The van der Waals surface area contributed by atoms with Gasteiger partial charge in [-0.15, -0.1) is 0 Å².